The maximum atomic E-state index is 11.3. The van der Waals surface area contributed by atoms with Crippen molar-refractivity contribution in [3.05, 3.63) is 95.1 Å². The molecule has 0 radical (unpaired) electrons. The fourth-order valence-corrected chi connectivity index (χ4v) is 2.57. The van der Waals surface area contributed by atoms with Gasteiger partial charge < -0.3 is 10.8 Å². The van der Waals surface area contributed by atoms with E-state index in [4.69, 9.17) is 10.8 Å². The van der Waals surface area contributed by atoms with Crippen molar-refractivity contribution in [2.45, 2.75) is 32.7 Å². The number of nitroso groups, excluding NO2 is 1. The van der Waals surface area contributed by atoms with Crippen molar-refractivity contribution in [1.29, 1.82) is 0 Å². The van der Waals surface area contributed by atoms with Gasteiger partial charge in [-0.2, -0.15) is 0 Å². The van der Waals surface area contributed by atoms with Gasteiger partial charge in [0.05, 0.1) is 6.04 Å². The van der Waals surface area contributed by atoms with Crippen molar-refractivity contribution >= 4 is 23.2 Å². The molecule has 31 heavy (non-hydrogen) atoms. The number of allylic oxidation sites excluding steroid dienone is 5. The molecule has 7 heteroatoms. The Bertz CT molecular complexity index is 984. The second-order valence-corrected chi connectivity index (χ2v) is 6.93. The molecule has 1 rings (SSSR count). The van der Waals surface area contributed by atoms with Crippen LogP contribution in [0.3, 0.4) is 0 Å². The molecule has 1 atom stereocenters. The lowest BCUT2D eigenvalue weighted by molar-refractivity contribution is -0.132. The number of rotatable bonds is 11. The third-order valence-corrected chi connectivity index (χ3v) is 4.31. The smallest absolute Gasteiger partial charge is 0.331 e. The zero-order valence-electron chi connectivity index (χ0n) is 17.7. The molecule has 3 N–H and O–H groups in total. The van der Waals surface area contributed by atoms with E-state index in [9.17, 15) is 14.5 Å². The topological polar surface area (TPSA) is 122 Å². The van der Waals surface area contributed by atoms with Crippen LogP contribution in [0.5, 0.6) is 0 Å². The third-order valence-electron chi connectivity index (χ3n) is 4.31. The van der Waals surface area contributed by atoms with E-state index in [0.29, 0.717) is 17.6 Å². The maximum Gasteiger partial charge on any atom is 0.331 e. The number of carbonyl (C=O) groups is 2. The summed E-state index contributed by atoms with van der Waals surface area (Å²) in [5.41, 5.74) is 10.0. The summed E-state index contributed by atoms with van der Waals surface area (Å²) < 4.78 is 0. The molecule has 0 heterocycles. The Kier molecular flexibility index (Phi) is 10.4. The van der Waals surface area contributed by atoms with Gasteiger partial charge in [-0.3, -0.25) is 9.79 Å². The van der Waals surface area contributed by atoms with Crippen LogP contribution in [0.4, 0.5) is 0 Å². The summed E-state index contributed by atoms with van der Waals surface area (Å²) >= 11 is 0. The first-order valence-corrected chi connectivity index (χ1v) is 9.52. The lowest BCUT2D eigenvalue weighted by atomic mass is 9.98. The fraction of sp³-hybridized carbons (Fsp3) is 0.208. The minimum atomic E-state index is -1.01. The van der Waals surface area contributed by atoms with Crippen molar-refractivity contribution in [1.82, 2.24) is 0 Å². The lowest BCUT2D eigenvalue weighted by Gasteiger charge is -2.09. The monoisotopic (exact) mass is 421 g/mol. The molecule has 1 aromatic carbocycles. The average molecular weight is 421 g/mol. The molecule has 0 aliphatic carbocycles. The molecule has 0 aliphatic heterocycles. The van der Waals surface area contributed by atoms with Crippen LogP contribution in [-0.4, -0.2) is 28.7 Å². The number of hydrogen-bond acceptors (Lipinski definition) is 5. The number of aliphatic carboxylic acids is 1. The van der Waals surface area contributed by atoms with E-state index in [-0.39, 0.29) is 12.0 Å². The van der Waals surface area contributed by atoms with Gasteiger partial charge in [-0.15, -0.1) is 4.91 Å². The number of carboxylic acid groups (broad SMARTS) is 1. The normalized spacial score (nSPS) is 13.7. The first-order valence-electron chi connectivity index (χ1n) is 9.52. The van der Waals surface area contributed by atoms with Crippen molar-refractivity contribution in [2.24, 2.45) is 15.9 Å². The number of benzene rings is 1. The molecule has 1 unspecified atom stereocenters. The zero-order valence-corrected chi connectivity index (χ0v) is 17.7. The summed E-state index contributed by atoms with van der Waals surface area (Å²) in [6.07, 6.45) is 8.71. The molecule has 162 valence electrons. The molecule has 1 aromatic rings. The second-order valence-electron chi connectivity index (χ2n) is 6.93. The predicted molar refractivity (Wildman–Crippen MR) is 124 cm³/mol. The van der Waals surface area contributed by atoms with Crippen molar-refractivity contribution in [3.8, 4) is 0 Å². The van der Waals surface area contributed by atoms with Gasteiger partial charge in [0.2, 0.25) is 0 Å². The Balaban J connectivity index is 2.90. The van der Waals surface area contributed by atoms with Crippen LogP contribution in [0, 0.1) is 4.91 Å². The lowest BCUT2D eigenvalue weighted by Crippen LogP contribution is -2.29. The second kappa shape index (κ2) is 12.8. The Morgan fingerprint density at radius 3 is 2.61 bits per heavy atom. The largest absolute Gasteiger partial charge is 0.478 e. The molecule has 7 nitrogen and oxygen atoms in total. The summed E-state index contributed by atoms with van der Waals surface area (Å²) in [5, 5.41) is 11.2. The molecule has 0 saturated heterocycles. The molecule has 1 amide bonds. The average Bonchev–Trinajstić information content (AvgIpc) is 2.75. The van der Waals surface area contributed by atoms with Crippen molar-refractivity contribution in [3.63, 3.8) is 0 Å². The van der Waals surface area contributed by atoms with Gasteiger partial charge in [0.15, 0.2) is 0 Å². The number of carboxylic acids is 1. The fourth-order valence-electron chi connectivity index (χ4n) is 2.57. The summed E-state index contributed by atoms with van der Waals surface area (Å²) in [5.74, 6) is -1.87. The molecule has 0 fully saturated rings. The van der Waals surface area contributed by atoms with E-state index in [0.717, 1.165) is 16.8 Å². The quantitative estimate of drug-likeness (QED) is 0.238. The van der Waals surface area contributed by atoms with Gasteiger partial charge in [0.1, 0.15) is 0 Å². The van der Waals surface area contributed by atoms with Crippen LogP contribution in [0.25, 0.3) is 5.57 Å². The number of amides is 1. The number of carbonyl (C=O) groups excluding carboxylic acids is 1. The maximum absolute atomic E-state index is 11.3. The van der Waals surface area contributed by atoms with E-state index in [2.05, 4.69) is 23.3 Å². The van der Waals surface area contributed by atoms with E-state index >= 15 is 0 Å². The number of aliphatic imine (C=N–C) groups is 1. The van der Waals surface area contributed by atoms with Crippen molar-refractivity contribution < 1.29 is 14.7 Å². The summed E-state index contributed by atoms with van der Waals surface area (Å²) in [4.78, 5) is 36.7. The Labute approximate surface area is 182 Å². The highest BCUT2D eigenvalue weighted by atomic mass is 16.4. The summed E-state index contributed by atoms with van der Waals surface area (Å²) in [6, 6.07) is 6.75. The van der Waals surface area contributed by atoms with Crippen LogP contribution in [0.15, 0.2) is 89.2 Å². The summed E-state index contributed by atoms with van der Waals surface area (Å²) in [7, 11) is 0. The van der Waals surface area contributed by atoms with Crippen LogP contribution in [-0.2, 0) is 16.0 Å². The van der Waals surface area contributed by atoms with Gasteiger partial charge in [-0.25, -0.2) is 4.79 Å². The van der Waals surface area contributed by atoms with Gasteiger partial charge >= 0.3 is 11.9 Å². The van der Waals surface area contributed by atoms with Crippen LogP contribution < -0.4 is 5.73 Å². The highest BCUT2D eigenvalue weighted by molar-refractivity contribution is 5.86. The summed E-state index contributed by atoms with van der Waals surface area (Å²) in [6.45, 7) is 11.2. The Hall–Kier alpha value is -3.71. The van der Waals surface area contributed by atoms with Gasteiger partial charge in [-0.05, 0) is 48.6 Å². The molecule has 0 spiro atoms. The van der Waals surface area contributed by atoms with Gasteiger partial charge in [-0.1, -0.05) is 55.7 Å². The standard InChI is InChI=1S/C24H27N3O4/c1-5-19(15-22(25)23(28)27-31)12-17(3)21-10-6-9-20(14-21)13-18(4)26-11-7-8-16(2)24(29)30/h5-12,14,22H,1,3,13,15,25H2,2,4H3,(H,29,30)/b11-7-,16-8+,19-12+,26-18?. The molecule has 0 aliphatic rings. The highest BCUT2D eigenvalue weighted by Crippen LogP contribution is 2.20. The molecular weight excluding hydrogens is 394 g/mol. The SMILES string of the molecule is C=C/C(=C\C(=C)c1cccc(CC(C)=N/C=C\C=C(/C)C(=O)O)c1)CC(N)C(=O)N=O. The van der Waals surface area contributed by atoms with E-state index < -0.39 is 17.9 Å². The first-order chi connectivity index (χ1) is 14.7. The minimum Gasteiger partial charge on any atom is -0.478 e. The van der Waals surface area contributed by atoms with Crippen LogP contribution in [0.2, 0.25) is 0 Å². The number of hydrogen-bond donors (Lipinski definition) is 2. The molecule has 0 saturated carbocycles. The van der Waals surface area contributed by atoms with Gasteiger partial charge in [0.25, 0.3) is 0 Å². The Morgan fingerprint density at radius 1 is 1.29 bits per heavy atom. The van der Waals surface area contributed by atoms with Crippen LogP contribution in [0.1, 0.15) is 31.4 Å². The van der Waals surface area contributed by atoms with E-state index in [1.165, 1.54) is 13.0 Å². The minimum absolute atomic E-state index is 0.140. The predicted octanol–water partition coefficient (Wildman–Crippen LogP) is 4.37. The van der Waals surface area contributed by atoms with Crippen molar-refractivity contribution in [2.75, 3.05) is 0 Å². The zero-order chi connectivity index (χ0) is 23.4. The molecule has 0 bridgehead atoms. The van der Waals surface area contributed by atoms with Gasteiger partial charge in [0, 0.05) is 29.1 Å². The molecular formula is C24H27N3O4. The van der Waals surface area contributed by atoms with E-state index in [1.54, 1.807) is 24.4 Å². The highest BCUT2D eigenvalue weighted by Gasteiger charge is 2.15. The Morgan fingerprint density at radius 2 is 2.00 bits per heavy atom. The first kappa shape index (κ1) is 25.3. The number of nitrogens with zero attached hydrogens (tertiary/aromatic N) is 2. The number of nitrogens with two attached hydrogens (primary N) is 1. The third kappa shape index (κ3) is 9.10. The molecule has 0 aromatic heterocycles. The van der Waals surface area contributed by atoms with Crippen LogP contribution >= 0.6 is 0 Å². The van der Waals surface area contributed by atoms with E-state index in [1.807, 2.05) is 31.2 Å².